The fourth-order valence-electron chi connectivity index (χ4n) is 3.31. The molecule has 0 radical (unpaired) electrons. The molecule has 158 valence electrons. The molecule has 1 aliphatic heterocycles. The zero-order valence-corrected chi connectivity index (χ0v) is 18.3. The number of rotatable bonds is 6. The summed E-state index contributed by atoms with van der Waals surface area (Å²) in [4.78, 5) is 16.1. The lowest BCUT2D eigenvalue weighted by molar-refractivity contribution is 0.415. The maximum atomic E-state index is 5.31. The highest BCUT2D eigenvalue weighted by molar-refractivity contribution is 5.85. The van der Waals surface area contributed by atoms with Gasteiger partial charge in [-0.25, -0.2) is 0 Å². The molecule has 2 aromatic carbocycles. The fourth-order valence-corrected chi connectivity index (χ4v) is 3.31. The normalized spacial score (nSPS) is 13.0. The van der Waals surface area contributed by atoms with Gasteiger partial charge in [0.2, 0.25) is 17.8 Å². The summed E-state index contributed by atoms with van der Waals surface area (Å²) in [6, 6.07) is 13.9. The highest BCUT2D eigenvalue weighted by Gasteiger charge is 2.18. The summed E-state index contributed by atoms with van der Waals surface area (Å²) in [7, 11) is 1.65. The first kappa shape index (κ1) is 21.6. The van der Waals surface area contributed by atoms with E-state index in [0.29, 0.717) is 17.8 Å². The van der Waals surface area contributed by atoms with Crippen molar-refractivity contribution in [1.29, 1.82) is 0 Å². The summed E-state index contributed by atoms with van der Waals surface area (Å²) in [6.07, 6.45) is 2.31. The molecule has 0 unspecified atom stereocenters. The lowest BCUT2D eigenvalue weighted by Crippen LogP contribution is -2.21. The fraction of sp³-hybridized carbons (Fsp3) is 0.318. The van der Waals surface area contributed by atoms with Crippen molar-refractivity contribution < 1.29 is 4.74 Å². The van der Waals surface area contributed by atoms with Gasteiger partial charge in [0, 0.05) is 30.5 Å². The molecule has 0 bridgehead atoms. The molecule has 1 saturated heterocycles. The van der Waals surface area contributed by atoms with Gasteiger partial charge < -0.3 is 20.3 Å². The number of ether oxygens (including phenoxy) is 1. The maximum Gasteiger partial charge on any atom is 0.233 e. The van der Waals surface area contributed by atoms with Gasteiger partial charge in [-0.05, 0) is 62.1 Å². The molecule has 30 heavy (non-hydrogen) atoms. The van der Waals surface area contributed by atoms with Gasteiger partial charge in [0.15, 0.2) is 0 Å². The van der Waals surface area contributed by atoms with Crippen LogP contribution in [0.3, 0.4) is 0 Å². The highest BCUT2D eigenvalue weighted by Crippen LogP contribution is 2.25. The summed E-state index contributed by atoms with van der Waals surface area (Å²) in [5.41, 5.74) is 4.29. The molecule has 0 amide bonds. The summed E-state index contributed by atoms with van der Waals surface area (Å²) in [5, 5.41) is 6.61. The quantitative estimate of drug-likeness (QED) is 0.574. The van der Waals surface area contributed by atoms with E-state index >= 15 is 0 Å². The van der Waals surface area contributed by atoms with E-state index in [9.17, 15) is 0 Å². The Morgan fingerprint density at radius 3 is 2.13 bits per heavy atom. The molecule has 1 aliphatic rings. The van der Waals surface area contributed by atoms with Crippen LogP contribution in [-0.4, -0.2) is 35.2 Å². The van der Waals surface area contributed by atoms with E-state index in [-0.39, 0.29) is 12.4 Å². The van der Waals surface area contributed by atoms with Gasteiger partial charge in [0.05, 0.1) is 7.11 Å². The van der Waals surface area contributed by atoms with Gasteiger partial charge in [0.25, 0.3) is 0 Å². The third-order valence-electron chi connectivity index (χ3n) is 5.10. The van der Waals surface area contributed by atoms with E-state index in [1.165, 1.54) is 11.1 Å². The zero-order valence-electron chi connectivity index (χ0n) is 17.5. The lowest BCUT2D eigenvalue weighted by Gasteiger charge is -2.17. The third kappa shape index (κ3) is 5.10. The largest absolute Gasteiger partial charge is 0.497 e. The van der Waals surface area contributed by atoms with Gasteiger partial charge in [-0.1, -0.05) is 12.1 Å². The van der Waals surface area contributed by atoms with E-state index < -0.39 is 0 Å². The lowest BCUT2D eigenvalue weighted by atomic mass is 10.1. The first-order valence-electron chi connectivity index (χ1n) is 9.87. The summed E-state index contributed by atoms with van der Waals surface area (Å²) in [6.45, 7) is 6.13. The van der Waals surface area contributed by atoms with Crippen molar-refractivity contribution in [3.8, 4) is 5.75 Å². The van der Waals surface area contributed by atoms with Gasteiger partial charge in [-0.15, -0.1) is 12.4 Å². The van der Waals surface area contributed by atoms with Crippen molar-refractivity contribution in [3.05, 3.63) is 53.6 Å². The number of nitrogens with zero attached hydrogens (tertiary/aromatic N) is 4. The highest BCUT2D eigenvalue weighted by atomic mass is 35.5. The maximum absolute atomic E-state index is 5.31. The van der Waals surface area contributed by atoms with E-state index in [4.69, 9.17) is 4.74 Å². The molecule has 3 aromatic rings. The number of aryl methyl sites for hydroxylation is 2. The number of hydrogen-bond donors (Lipinski definition) is 2. The van der Waals surface area contributed by atoms with Crippen LogP contribution < -0.4 is 20.3 Å². The summed E-state index contributed by atoms with van der Waals surface area (Å²) >= 11 is 0. The van der Waals surface area contributed by atoms with Crippen LogP contribution in [0.2, 0.25) is 0 Å². The number of anilines is 5. The van der Waals surface area contributed by atoms with Gasteiger partial charge in [-0.2, -0.15) is 15.0 Å². The Bertz CT molecular complexity index is 1010. The monoisotopic (exact) mass is 426 g/mol. The van der Waals surface area contributed by atoms with Crippen LogP contribution in [0, 0.1) is 13.8 Å². The summed E-state index contributed by atoms with van der Waals surface area (Å²) < 4.78 is 5.31. The molecule has 2 heterocycles. The number of benzene rings is 2. The molecule has 4 rings (SSSR count). The molecule has 2 N–H and O–H groups in total. The predicted molar refractivity (Wildman–Crippen MR) is 124 cm³/mol. The van der Waals surface area contributed by atoms with Crippen LogP contribution in [0.1, 0.15) is 24.0 Å². The molecular formula is C22H27ClN6O. The number of methoxy groups -OCH3 is 1. The van der Waals surface area contributed by atoms with Gasteiger partial charge in [0.1, 0.15) is 5.75 Å². The average molecular weight is 427 g/mol. The number of aromatic nitrogens is 3. The SMILES string of the molecule is COc1cccc(Nc2nc(Nc3ccc(C)c(C)c3)nc(N3CCCC3)n2)c1.Cl. The standard InChI is InChI=1S/C22H26N6O.ClH/c1-15-9-10-18(13-16(15)2)24-21-25-20(23-17-7-6-8-19(14-17)29-3)26-22(27-21)28-11-4-5-12-28;/h6-10,13-14H,4-5,11-12H2,1-3H3,(H2,23,24,25,26,27);1H. The Morgan fingerprint density at radius 1 is 0.833 bits per heavy atom. The third-order valence-corrected chi connectivity index (χ3v) is 5.10. The van der Waals surface area contributed by atoms with Crippen molar-refractivity contribution in [2.75, 3.05) is 35.7 Å². The van der Waals surface area contributed by atoms with Crippen molar-refractivity contribution >= 4 is 41.6 Å². The summed E-state index contributed by atoms with van der Waals surface area (Å²) in [5.74, 6) is 2.49. The second kappa shape index (κ2) is 9.63. The second-order valence-corrected chi connectivity index (χ2v) is 7.26. The number of nitrogens with one attached hydrogen (secondary N) is 2. The topological polar surface area (TPSA) is 75.2 Å². The van der Waals surface area contributed by atoms with Crippen molar-refractivity contribution in [3.63, 3.8) is 0 Å². The number of hydrogen-bond acceptors (Lipinski definition) is 7. The Kier molecular flexibility index (Phi) is 6.95. The minimum Gasteiger partial charge on any atom is -0.497 e. The smallest absolute Gasteiger partial charge is 0.233 e. The van der Waals surface area contributed by atoms with Gasteiger partial charge >= 0.3 is 0 Å². The van der Waals surface area contributed by atoms with E-state index in [1.54, 1.807) is 7.11 Å². The van der Waals surface area contributed by atoms with E-state index in [2.05, 4.69) is 56.5 Å². The molecule has 1 fully saturated rings. The van der Waals surface area contributed by atoms with Gasteiger partial charge in [-0.3, -0.25) is 0 Å². The van der Waals surface area contributed by atoms with Crippen LogP contribution >= 0.6 is 12.4 Å². The van der Waals surface area contributed by atoms with Crippen LogP contribution in [0.5, 0.6) is 5.75 Å². The van der Waals surface area contributed by atoms with Crippen molar-refractivity contribution in [2.45, 2.75) is 26.7 Å². The molecule has 7 nitrogen and oxygen atoms in total. The zero-order chi connectivity index (χ0) is 20.2. The molecule has 8 heteroatoms. The molecule has 0 saturated carbocycles. The van der Waals surface area contributed by atoms with Crippen LogP contribution in [0.4, 0.5) is 29.2 Å². The Hall–Kier alpha value is -3.06. The molecular weight excluding hydrogens is 400 g/mol. The first-order valence-corrected chi connectivity index (χ1v) is 9.87. The average Bonchev–Trinajstić information content (AvgIpc) is 3.26. The molecule has 1 aromatic heterocycles. The van der Waals surface area contributed by atoms with E-state index in [1.807, 2.05) is 30.3 Å². The van der Waals surface area contributed by atoms with Crippen LogP contribution in [0.15, 0.2) is 42.5 Å². The number of halogens is 1. The minimum atomic E-state index is 0. The van der Waals surface area contributed by atoms with E-state index in [0.717, 1.165) is 43.1 Å². The minimum absolute atomic E-state index is 0. The molecule has 0 spiro atoms. The van der Waals surface area contributed by atoms with Crippen LogP contribution in [-0.2, 0) is 0 Å². The first-order chi connectivity index (χ1) is 14.1. The van der Waals surface area contributed by atoms with Crippen LogP contribution in [0.25, 0.3) is 0 Å². The Labute approximate surface area is 183 Å². The molecule has 0 aliphatic carbocycles. The Balaban J connectivity index is 0.00000256. The van der Waals surface area contributed by atoms with Crippen molar-refractivity contribution in [2.24, 2.45) is 0 Å². The predicted octanol–water partition coefficient (Wildman–Crippen LogP) is 5.01. The second-order valence-electron chi connectivity index (χ2n) is 7.26. The molecule has 0 atom stereocenters. The Morgan fingerprint density at radius 2 is 1.50 bits per heavy atom. The van der Waals surface area contributed by atoms with Crippen molar-refractivity contribution in [1.82, 2.24) is 15.0 Å².